The molecule has 1 atom stereocenters. The van der Waals surface area contributed by atoms with Crippen LogP contribution in [0, 0.1) is 6.92 Å². The predicted molar refractivity (Wildman–Crippen MR) is 106 cm³/mol. The highest BCUT2D eigenvalue weighted by atomic mass is 32.2. The van der Waals surface area contributed by atoms with Crippen LogP contribution in [0.3, 0.4) is 0 Å². The van der Waals surface area contributed by atoms with Gasteiger partial charge in [0.25, 0.3) is 5.91 Å². The molecule has 0 radical (unpaired) electrons. The minimum Gasteiger partial charge on any atom is -0.454 e. The van der Waals surface area contributed by atoms with Crippen molar-refractivity contribution in [3.05, 3.63) is 29.8 Å². The largest absolute Gasteiger partial charge is 0.454 e. The molecule has 0 aromatic heterocycles. The lowest BCUT2D eigenvalue weighted by molar-refractivity contribution is -0.153. The van der Waals surface area contributed by atoms with Crippen LogP contribution in [0.5, 0.6) is 0 Å². The van der Waals surface area contributed by atoms with Crippen molar-refractivity contribution >= 4 is 21.9 Å². The Bertz CT molecular complexity index is 772. The second-order valence-corrected chi connectivity index (χ2v) is 9.02. The summed E-state index contributed by atoms with van der Waals surface area (Å²) in [4.78, 5) is 24.7. The van der Waals surface area contributed by atoms with E-state index in [1.807, 2.05) is 20.8 Å². The number of nitrogens with one attached hydrogen (secondary N) is 1. The maximum absolute atomic E-state index is 13.0. The molecule has 1 aliphatic rings. The zero-order valence-electron chi connectivity index (χ0n) is 16.8. The van der Waals surface area contributed by atoms with Gasteiger partial charge in [-0.3, -0.25) is 9.59 Å². The molecule has 2 rings (SSSR count). The monoisotopic (exact) mass is 410 g/mol. The van der Waals surface area contributed by atoms with E-state index < -0.39 is 28.6 Å². The standard InChI is InChI=1S/C20H30N2O5S/c1-4-16(5-2)21-19(23)14-27-20(24)18-8-6-7-13-22(18)28(25,26)17-11-9-15(3)10-12-17/h9-12,16,18H,4-8,13-14H2,1-3H3,(H,21,23)/t18-/m1/s1. The Morgan fingerprint density at radius 1 is 1.18 bits per heavy atom. The van der Waals surface area contributed by atoms with E-state index in [9.17, 15) is 18.0 Å². The molecule has 7 nitrogen and oxygen atoms in total. The number of hydrogen-bond donors (Lipinski definition) is 1. The number of benzene rings is 1. The lowest BCUT2D eigenvalue weighted by atomic mass is 10.1. The fourth-order valence-electron chi connectivity index (χ4n) is 3.27. The number of piperidine rings is 1. The third-order valence-electron chi connectivity index (χ3n) is 5.05. The molecule has 156 valence electrons. The third kappa shape index (κ3) is 5.54. The fraction of sp³-hybridized carbons (Fsp3) is 0.600. The summed E-state index contributed by atoms with van der Waals surface area (Å²) >= 11 is 0. The second kappa shape index (κ2) is 10.0. The summed E-state index contributed by atoms with van der Waals surface area (Å²) in [6.45, 7) is 5.68. The van der Waals surface area contributed by atoms with Gasteiger partial charge in [0.1, 0.15) is 6.04 Å². The minimum absolute atomic E-state index is 0.0410. The summed E-state index contributed by atoms with van der Waals surface area (Å²) < 4.78 is 32.4. The molecule has 0 saturated carbocycles. The van der Waals surface area contributed by atoms with Crippen molar-refractivity contribution in [3.63, 3.8) is 0 Å². The van der Waals surface area contributed by atoms with Gasteiger partial charge in [0.05, 0.1) is 4.90 Å². The fourth-order valence-corrected chi connectivity index (χ4v) is 4.92. The van der Waals surface area contributed by atoms with Gasteiger partial charge in [0, 0.05) is 12.6 Å². The number of amides is 1. The van der Waals surface area contributed by atoms with Crippen molar-refractivity contribution in [1.82, 2.24) is 9.62 Å². The van der Waals surface area contributed by atoms with E-state index in [4.69, 9.17) is 4.74 Å². The van der Waals surface area contributed by atoms with Gasteiger partial charge in [-0.25, -0.2) is 8.42 Å². The predicted octanol–water partition coefficient (Wildman–Crippen LogP) is 2.39. The average Bonchev–Trinajstić information content (AvgIpc) is 2.70. The van der Waals surface area contributed by atoms with E-state index in [2.05, 4.69) is 5.32 Å². The molecule has 1 amide bonds. The lowest BCUT2D eigenvalue weighted by Crippen LogP contribution is -2.49. The van der Waals surface area contributed by atoms with Crippen molar-refractivity contribution in [2.75, 3.05) is 13.2 Å². The molecular formula is C20H30N2O5S. The number of sulfonamides is 1. The van der Waals surface area contributed by atoms with Crippen molar-refractivity contribution in [2.45, 2.75) is 69.9 Å². The van der Waals surface area contributed by atoms with Gasteiger partial charge >= 0.3 is 5.97 Å². The second-order valence-electron chi connectivity index (χ2n) is 7.13. The van der Waals surface area contributed by atoms with Gasteiger partial charge in [0.15, 0.2) is 6.61 Å². The quantitative estimate of drug-likeness (QED) is 0.664. The maximum Gasteiger partial charge on any atom is 0.324 e. The summed E-state index contributed by atoms with van der Waals surface area (Å²) in [6.07, 6.45) is 3.39. The highest BCUT2D eigenvalue weighted by Gasteiger charge is 2.38. The number of aryl methyl sites for hydroxylation is 1. The molecule has 1 saturated heterocycles. The SMILES string of the molecule is CCC(CC)NC(=O)COC(=O)[C@H]1CCCCN1S(=O)(=O)c1ccc(C)cc1. The number of nitrogens with zero attached hydrogens (tertiary/aromatic N) is 1. The zero-order valence-corrected chi connectivity index (χ0v) is 17.6. The Balaban J connectivity index is 2.06. The van der Waals surface area contributed by atoms with Crippen LogP contribution in [0.25, 0.3) is 0 Å². The van der Waals surface area contributed by atoms with Gasteiger partial charge in [-0.1, -0.05) is 31.5 Å². The van der Waals surface area contributed by atoms with Crippen LogP contribution in [0.15, 0.2) is 29.2 Å². The Labute approximate surface area is 167 Å². The van der Waals surface area contributed by atoms with Crippen LogP contribution in [0.1, 0.15) is 51.5 Å². The van der Waals surface area contributed by atoms with Crippen molar-refractivity contribution in [3.8, 4) is 0 Å². The normalized spacial score (nSPS) is 18.1. The van der Waals surface area contributed by atoms with Gasteiger partial charge < -0.3 is 10.1 Å². The van der Waals surface area contributed by atoms with Gasteiger partial charge in [-0.2, -0.15) is 4.31 Å². The highest BCUT2D eigenvalue weighted by molar-refractivity contribution is 7.89. The summed E-state index contributed by atoms with van der Waals surface area (Å²) in [6, 6.07) is 5.69. The van der Waals surface area contributed by atoms with Crippen LogP contribution >= 0.6 is 0 Å². The van der Waals surface area contributed by atoms with Crippen LogP contribution in [0.4, 0.5) is 0 Å². The van der Waals surface area contributed by atoms with Crippen LogP contribution in [-0.4, -0.2) is 49.8 Å². The Kier molecular flexibility index (Phi) is 8.00. The first-order chi connectivity index (χ1) is 13.3. The summed E-state index contributed by atoms with van der Waals surface area (Å²) in [7, 11) is -3.81. The topological polar surface area (TPSA) is 92.8 Å². The molecule has 1 aliphatic heterocycles. The molecular weight excluding hydrogens is 380 g/mol. The average molecular weight is 411 g/mol. The molecule has 8 heteroatoms. The summed E-state index contributed by atoms with van der Waals surface area (Å²) in [5.41, 5.74) is 0.956. The first-order valence-corrected chi connectivity index (χ1v) is 11.3. The molecule has 0 spiro atoms. The van der Waals surface area contributed by atoms with Gasteiger partial charge in [-0.15, -0.1) is 0 Å². The first kappa shape index (κ1) is 22.4. The summed E-state index contributed by atoms with van der Waals surface area (Å²) in [5, 5.41) is 2.80. The molecule has 1 aromatic carbocycles. The van der Waals surface area contributed by atoms with Gasteiger partial charge in [0.2, 0.25) is 10.0 Å². The molecule has 1 aromatic rings. The first-order valence-electron chi connectivity index (χ1n) is 9.84. The molecule has 1 fully saturated rings. The van der Waals surface area contributed by atoms with Crippen LogP contribution < -0.4 is 5.32 Å². The molecule has 0 bridgehead atoms. The van der Waals surface area contributed by atoms with Crippen LogP contribution in [-0.2, 0) is 24.3 Å². The van der Waals surface area contributed by atoms with E-state index in [1.54, 1.807) is 24.3 Å². The number of esters is 1. The number of rotatable bonds is 8. The molecule has 0 aliphatic carbocycles. The lowest BCUT2D eigenvalue weighted by Gasteiger charge is -2.33. The summed E-state index contributed by atoms with van der Waals surface area (Å²) in [5.74, 6) is -1.04. The number of carbonyl (C=O) groups is 2. The van der Waals surface area contributed by atoms with E-state index in [1.165, 1.54) is 4.31 Å². The van der Waals surface area contributed by atoms with Crippen molar-refractivity contribution < 1.29 is 22.7 Å². The minimum atomic E-state index is -3.81. The van der Waals surface area contributed by atoms with E-state index >= 15 is 0 Å². The van der Waals surface area contributed by atoms with E-state index in [0.29, 0.717) is 12.8 Å². The molecule has 28 heavy (non-hydrogen) atoms. The van der Waals surface area contributed by atoms with Crippen molar-refractivity contribution in [2.24, 2.45) is 0 Å². The number of carbonyl (C=O) groups excluding carboxylic acids is 2. The van der Waals surface area contributed by atoms with Gasteiger partial charge in [-0.05, 0) is 51.2 Å². The van der Waals surface area contributed by atoms with E-state index in [-0.39, 0.29) is 23.4 Å². The highest BCUT2D eigenvalue weighted by Crippen LogP contribution is 2.26. The number of hydrogen-bond acceptors (Lipinski definition) is 5. The number of ether oxygens (including phenoxy) is 1. The Morgan fingerprint density at radius 2 is 1.82 bits per heavy atom. The Hall–Kier alpha value is -1.93. The zero-order chi connectivity index (χ0) is 20.7. The third-order valence-corrected chi connectivity index (χ3v) is 6.97. The Morgan fingerprint density at radius 3 is 2.43 bits per heavy atom. The molecule has 1 heterocycles. The smallest absolute Gasteiger partial charge is 0.324 e. The maximum atomic E-state index is 13.0. The molecule has 1 N–H and O–H groups in total. The van der Waals surface area contributed by atoms with E-state index in [0.717, 1.165) is 24.8 Å². The van der Waals surface area contributed by atoms with Crippen LogP contribution in [0.2, 0.25) is 0 Å². The molecule has 0 unspecified atom stereocenters. The van der Waals surface area contributed by atoms with Crippen molar-refractivity contribution in [1.29, 1.82) is 0 Å².